The van der Waals surface area contributed by atoms with Gasteiger partial charge in [-0.1, -0.05) is 88.4 Å². The molecule has 0 aromatic heterocycles. The Balaban J connectivity index is 0.000000440. The van der Waals surface area contributed by atoms with Crippen molar-refractivity contribution in [2.45, 2.75) is 89.8 Å². The van der Waals surface area contributed by atoms with E-state index in [0.29, 0.717) is 25.7 Å². The first-order chi connectivity index (χ1) is 20.6. The van der Waals surface area contributed by atoms with E-state index >= 15 is 0 Å². The fourth-order valence-corrected chi connectivity index (χ4v) is 4.28. The Hall–Kier alpha value is -3.84. The van der Waals surface area contributed by atoms with Crippen LogP contribution in [0.15, 0.2) is 60.7 Å². The number of hydrogen-bond donors (Lipinski definition) is 8. The van der Waals surface area contributed by atoms with Gasteiger partial charge in [-0.15, -0.1) is 0 Å². The molecule has 0 bridgehead atoms. The fraction of sp³-hybridized carbons (Fsp3) is 0.500. The van der Waals surface area contributed by atoms with Crippen LogP contribution in [0.1, 0.15) is 51.7 Å². The molecule has 44 heavy (non-hydrogen) atoms. The van der Waals surface area contributed by atoms with Crippen LogP contribution in [0, 0.1) is 11.8 Å². The van der Waals surface area contributed by atoms with E-state index < -0.39 is 60.1 Å². The summed E-state index contributed by atoms with van der Waals surface area (Å²) in [5.74, 6) is -3.53. The Kier molecular flexibility index (Phi) is 16.9. The number of benzene rings is 2. The SMILES string of the molecule is CC(C)CC(NC(=O)[C@@H](O)[C@H](N)Cc1ccccc1)C(=O)O.CC(C)CC(NC(=O)[C@@H](O)[C@H](N)Cc1ccccc1)C(=O)O. The first-order valence-electron chi connectivity index (χ1n) is 14.6. The molecule has 0 aliphatic carbocycles. The number of nitrogens with one attached hydrogen (secondary N) is 2. The fourth-order valence-electron chi connectivity index (χ4n) is 4.28. The molecule has 2 rings (SSSR count). The van der Waals surface area contributed by atoms with Crippen LogP contribution < -0.4 is 22.1 Å². The van der Waals surface area contributed by atoms with Crippen LogP contribution in [0.2, 0.25) is 0 Å². The zero-order chi connectivity index (χ0) is 33.4. The quantitative estimate of drug-likeness (QED) is 0.134. The van der Waals surface area contributed by atoms with E-state index in [0.717, 1.165) is 11.1 Å². The van der Waals surface area contributed by atoms with Gasteiger partial charge in [0.2, 0.25) is 0 Å². The van der Waals surface area contributed by atoms with Crippen molar-refractivity contribution in [1.29, 1.82) is 0 Å². The summed E-state index contributed by atoms with van der Waals surface area (Å²) in [5.41, 5.74) is 13.5. The number of carboxylic acid groups (broad SMARTS) is 2. The first kappa shape index (κ1) is 38.2. The van der Waals surface area contributed by atoms with Crippen molar-refractivity contribution in [3.8, 4) is 0 Å². The molecule has 0 aliphatic rings. The molecule has 244 valence electrons. The highest BCUT2D eigenvalue weighted by atomic mass is 16.4. The monoisotopic (exact) mass is 616 g/mol. The maximum absolute atomic E-state index is 12.0. The second-order valence-corrected chi connectivity index (χ2v) is 11.7. The average Bonchev–Trinajstić information content (AvgIpc) is 2.96. The van der Waals surface area contributed by atoms with Gasteiger partial charge in [0.15, 0.2) is 0 Å². The van der Waals surface area contributed by atoms with E-state index in [9.17, 15) is 29.4 Å². The number of aliphatic carboxylic acids is 2. The topological polar surface area (TPSA) is 225 Å². The molecular weight excluding hydrogens is 568 g/mol. The number of amides is 2. The van der Waals surface area contributed by atoms with Gasteiger partial charge >= 0.3 is 11.9 Å². The number of carbonyl (C=O) groups is 4. The van der Waals surface area contributed by atoms with Gasteiger partial charge in [-0.3, -0.25) is 9.59 Å². The lowest BCUT2D eigenvalue weighted by Gasteiger charge is -2.22. The maximum atomic E-state index is 12.0. The van der Waals surface area contributed by atoms with Crippen molar-refractivity contribution in [3.63, 3.8) is 0 Å². The Labute approximate surface area is 258 Å². The third kappa shape index (κ3) is 14.6. The minimum Gasteiger partial charge on any atom is -0.480 e. The van der Waals surface area contributed by atoms with Gasteiger partial charge in [-0.05, 0) is 48.6 Å². The van der Waals surface area contributed by atoms with Crippen molar-refractivity contribution >= 4 is 23.8 Å². The van der Waals surface area contributed by atoms with Crippen LogP contribution in [0.25, 0.3) is 0 Å². The van der Waals surface area contributed by atoms with Gasteiger partial charge in [-0.25, -0.2) is 9.59 Å². The number of aliphatic hydroxyl groups is 2. The van der Waals surface area contributed by atoms with Crippen molar-refractivity contribution in [3.05, 3.63) is 71.8 Å². The lowest BCUT2D eigenvalue weighted by atomic mass is 10.00. The third-order valence-corrected chi connectivity index (χ3v) is 6.62. The molecule has 0 saturated heterocycles. The molecule has 0 radical (unpaired) electrons. The smallest absolute Gasteiger partial charge is 0.326 e. The van der Waals surface area contributed by atoms with Crippen LogP contribution in [0.5, 0.6) is 0 Å². The third-order valence-electron chi connectivity index (χ3n) is 6.62. The lowest BCUT2D eigenvalue weighted by Crippen LogP contribution is -2.52. The molecule has 2 unspecified atom stereocenters. The van der Waals surface area contributed by atoms with E-state index in [1.807, 2.05) is 88.4 Å². The molecule has 0 spiro atoms. The number of nitrogens with two attached hydrogens (primary N) is 2. The molecule has 0 heterocycles. The highest BCUT2D eigenvalue weighted by molar-refractivity contribution is 5.87. The second-order valence-electron chi connectivity index (χ2n) is 11.7. The van der Waals surface area contributed by atoms with Crippen LogP contribution >= 0.6 is 0 Å². The summed E-state index contributed by atoms with van der Waals surface area (Å²) in [6.07, 6.45) is -1.65. The Morgan fingerprint density at radius 3 is 1.16 bits per heavy atom. The minimum absolute atomic E-state index is 0.108. The highest BCUT2D eigenvalue weighted by Gasteiger charge is 2.29. The van der Waals surface area contributed by atoms with Crippen molar-refractivity contribution < 1.29 is 39.6 Å². The number of hydrogen-bond acceptors (Lipinski definition) is 8. The molecular formula is C32H48N4O8. The van der Waals surface area contributed by atoms with Gasteiger partial charge in [0, 0.05) is 12.1 Å². The van der Waals surface area contributed by atoms with Crippen molar-refractivity contribution in [2.75, 3.05) is 0 Å². The molecule has 2 aromatic rings. The summed E-state index contributed by atoms with van der Waals surface area (Å²) in [6.45, 7) is 7.44. The molecule has 10 N–H and O–H groups in total. The summed E-state index contributed by atoms with van der Waals surface area (Å²) >= 11 is 0. The van der Waals surface area contributed by atoms with E-state index in [4.69, 9.17) is 21.7 Å². The van der Waals surface area contributed by atoms with Crippen molar-refractivity contribution in [2.24, 2.45) is 23.3 Å². The van der Waals surface area contributed by atoms with Crippen LogP contribution in [-0.4, -0.2) is 80.6 Å². The minimum atomic E-state index is -1.45. The predicted octanol–water partition coefficient (Wildman–Crippen LogP) is 1.07. The van der Waals surface area contributed by atoms with Crippen LogP contribution in [0.4, 0.5) is 0 Å². The normalized spacial score (nSPS) is 15.1. The zero-order valence-electron chi connectivity index (χ0n) is 25.8. The summed E-state index contributed by atoms with van der Waals surface area (Å²) in [7, 11) is 0. The van der Waals surface area contributed by atoms with Gasteiger partial charge in [0.25, 0.3) is 11.8 Å². The highest BCUT2D eigenvalue weighted by Crippen LogP contribution is 2.09. The van der Waals surface area contributed by atoms with E-state index in [1.165, 1.54) is 0 Å². The van der Waals surface area contributed by atoms with E-state index in [-0.39, 0.29) is 11.8 Å². The zero-order valence-corrected chi connectivity index (χ0v) is 25.8. The number of carboxylic acids is 2. The van der Waals surface area contributed by atoms with Gasteiger partial charge in [0.1, 0.15) is 24.3 Å². The number of carbonyl (C=O) groups excluding carboxylic acids is 2. The van der Waals surface area contributed by atoms with Gasteiger partial charge < -0.3 is 42.5 Å². The van der Waals surface area contributed by atoms with Crippen LogP contribution in [-0.2, 0) is 32.0 Å². The lowest BCUT2D eigenvalue weighted by molar-refractivity contribution is -0.144. The molecule has 0 aliphatic heterocycles. The first-order valence-corrected chi connectivity index (χ1v) is 14.6. The van der Waals surface area contributed by atoms with E-state index in [1.54, 1.807) is 0 Å². The average molecular weight is 617 g/mol. The largest absolute Gasteiger partial charge is 0.480 e. The molecule has 0 saturated carbocycles. The molecule has 2 aromatic carbocycles. The molecule has 2 amide bonds. The summed E-state index contributed by atoms with van der Waals surface area (Å²) in [5, 5.41) is 42.9. The maximum Gasteiger partial charge on any atom is 0.326 e. The van der Waals surface area contributed by atoms with E-state index in [2.05, 4.69) is 10.6 Å². The summed E-state index contributed by atoms with van der Waals surface area (Å²) in [6, 6.07) is 14.9. The van der Waals surface area contributed by atoms with Crippen LogP contribution in [0.3, 0.4) is 0 Å². The van der Waals surface area contributed by atoms with Gasteiger partial charge in [0.05, 0.1) is 0 Å². The molecule has 0 fully saturated rings. The molecule has 12 nitrogen and oxygen atoms in total. The predicted molar refractivity (Wildman–Crippen MR) is 166 cm³/mol. The van der Waals surface area contributed by atoms with Gasteiger partial charge in [-0.2, -0.15) is 0 Å². The Morgan fingerprint density at radius 2 is 0.909 bits per heavy atom. The summed E-state index contributed by atoms with van der Waals surface area (Å²) in [4.78, 5) is 46.2. The summed E-state index contributed by atoms with van der Waals surface area (Å²) < 4.78 is 0. The second kappa shape index (κ2) is 19.4. The Bertz CT molecular complexity index is 1070. The molecule has 6 atom stereocenters. The standard InChI is InChI=1S/2C16H24N2O4/c2*1-10(2)8-13(16(21)22)18-15(20)14(19)12(17)9-11-6-4-3-5-7-11/h2*3-7,10,12-14,19H,8-9,17H2,1-2H3,(H,18,20)(H,21,22)/t2*12-,13?,14+/m11/s1. The Morgan fingerprint density at radius 1 is 0.614 bits per heavy atom. The number of rotatable bonds is 16. The number of aliphatic hydroxyl groups excluding tert-OH is 2. The molecule has 12 heteroatoms. The van der Waals surface area contributed by atoms with Crippen molar-refractivity contribution in [1.82, 2.24) is 10.6 Å².